The smallest absolute Gasteiger partial charge is 0.308 e. The van der Waals surface area contributed by atoms with Gasteiger partial charge in [-0.15, -0.1) is 0 Å². The first-order valence-electron chi connectivity index (χ1n) is 12.3. The van der Waals surface area contributed by atoms with Crippen LogP contribution in [0.3, 0.4) is 0 Å². The Labute approximate surface area is 205 Å². The molecule has 2 N–H and O–H groups in total. The first-order chi connectivity index (χ1) is 17.0. The predicted molar refractivity (Wildman–Crippen MR) is 135 cm³/mol. The number of hydrogen-bond acceptors (Lipinski definition) is 5. The number of benzene rings is 2. The standard InChI is InChI=1S/C29H32FNO4/c1-2-3-16-35-27(34)18-23(33)17-22(32)14-15-25-28(19-10-12-21(30)13-11-19)24-6-4-5-7-26(24)31-29(25)20-8-9-20/h4-7,10-15,20,22-23,32-33H,2-3,8-9,16-18H2,1H3/b15-14+/t22-,23-/m1/s1. The fourth-order valence-corrected chi connectivity index (χ4v) is 4.24. The highest BCUT2D eigenvalue weighted by Crippen LogP contribution is 2.45. The summed E-state index contributed by atoms with van der Waals surface area (Å²) in [5.41, 5.74) is 4.55. The van der Waals surface area contributed by atoms with Crippen LogP contribution in [0.15, 0.2) is 54.6 Å². The first kappa shape index (κ1) is 25.0. The molecule has 0 radical (unpaired) electrons. The Morgan fingerprint density at radius 3 is 2.63 bits per heavy atom. The highest BCUT2D eigenvalue weighted by Gasteiger charge is 2.29. The number of carbonyl (C=O) groups excluding carboxylic acids is 1. The highest BCUT2D eigenvalue weighted by molar-refractivity contribution is 5.99. The van der Waals surface area contributed by atoms with Crippen LogP contribution < -0.4 is 0 Å². The quantitative estimate of drug-likeness (QED) is 0.270. The van der Waals surface area contributed by atoms with Crippen molar-refractivity contribution in [2.45, 2.75) is 63.6 Å². The van der Waals surface area contributed by atoms with E-state index in [-0.39, 0.29) is 18.7 Å². The van der Waals surface area contributed by atoms with E-state index in [2.05, 4.69) is 0 Å². The maximum Gasteiger partial charge on any atom is 0.308 e. The molecule has 0 saturated heterocycles. The van der Waals surface area contributed by atoms with Gasteiger partial charge in [0.25, 0.3) is 0 Å². The lowest BCUT2D eigenvalue weighted by molar-refractivity contribution is -0.146. The maximum absolute atomic E-state index is 13.7. The normalized spacial score (nSPS) is 15.4. The second kappa shape index (κ2) is 11.6. The predicted octanol–water partition coefficient (Wildman–Crippen LogP) is 5.78. The number of esters is 1. The van der Waals surface area contributed by atoms with Crippen molar-refractivity contribution in [1.29, 1.82) is 0 Å². The van der Waals surface area contributed by atoms with E-state index in [9.17, 15) is 19.4 Å². The number of nitrogens with zero attached hydrogens (tertiary/aromatic N) is 1. The van der Waals surface area contributed by atoms with Gasteiger partial charge in [0.05, 0.1) is 36.4 Å². The summed E-state index contributed by atoms with van der Waals surface area (Å²) in [6.07, 6.45) is 5.21. The summed E-state index contributed by atoms with van der Waals surface area (Å²) in [5, 5.41) is 21.8. The van der Waals surface area contributed by atoms with Crippen molar-refractivity contribution in [2.75, 3.05) is 6.61 Å². The number of para-hydroxylation sites is 1. The Balaban J connectivity index is 1.60. The third-order valence-electron chi connectivity index (χ3n) is 6.22. The number of aliphatic hydroxyl groups is 2. The number of carbonyl (C=O) groups is 1. The van der Waals surface area contributed by atoms with Gasteiger partial charge < -0.3 is 14.9 Å². The Bertz CT molecular complexity index is 1190. The molecule has 0 amide bonds. The van der Waals surface area contributed by atoms with Crippen molar-refractivity contribution in [3.8, 4) is 11.1 Å². The average molecular weight is 478 g/mol. The van der Waals surface area contributed by atoms with Crippen LogP contribution >= 0.6 is 0 Å². The van der Waals surface area contributed by atoms with Gasteiger partial charge in [-0.25, -0.2) is 4.39 Å². The maximum atomic E-state index is 13.7. The van der Waals surface area contributed by atoms with Crippen LogP contribution in [0.25, 0.3) is 28.1 Å². The van der Waals surface area contributed by atoms with Crippen molar-refractivity contribution in [2.24, 2.45) is 0 Å². The van der Waals surface area contributed by atoms with Crippen molar-refractivity contribution in [3.05, 3.63) is 71.7 Å². The molecule has 1 fully saturated rings. The second-order valence-electron chi connectivity index (χ2n) is 9.18. The molecule has 1 aliphatic rings. The van der Waals surface area contributed by atoms with Gasteiger partial charge in [0.1, 0.15) is 5.82 Å². The number of pyridine rings is 1. The molecular weight excluding hydrogens is 445 g/mol. The van der Waals surface area contributed by atoms with Crippen LogP contribution in [0.2, 0.25) is 0 Å². The van der Waals surface area contributed by atoms with Crippen molar-refractivity contribution >= 4 is 22.9 Å². The Morgan fingerprint density at radius 1 is 1.17 bits per heavy atom. The summed E-state index contributed by atoms with van der Waals surface area (Å²) < 4.78 is 18.8. The van der Waals surface area contributed by atoms with Gasteiger partial charge in [-0.1, -0.05) is 55.8 Å². The lowest BCUT2D eigenvalue weighted by atomic mass is 9.92. The third kappa shape index (κ3) is 6.53. The van der Waals surface area contributed by atoms with Gasteiger partial charge in [0, 0.05) is 28.9 Å². The van der Waals surface area contributed by atoms with Crippen molar-refractivity contribution < 1.29 is 24.1 Å². The summed E-state index contributed by atoms with van der Waals surface area (Å²) in [7, 11) is 0. The molecule has 0 unspecified atom stereocenters. The molecule has 4 rings (SSSR count). The molecule has 35 heavy (non-hydrogen) atoms. The summed E-state index contributed by atoms with van der Waals surface area (Å²) in [6, 6.07) is 14.3. The highest BCUT2D eigenvalue weighted by atomic mass is 19.1. The number of aliphatic hydroxyl groups excluding tert-OH is 2. The Kier molecular flexibility index (Phi) is 8.26. The number of ether oxygens (including phenoxy) is 1. The van der Waals surface area contributed by atoms with E-state index in [4.69, 9.17) is 9.72 Å². The van der Waals surface area contributed by atoms with E-state index < -0.39 is 18.2 Å². The topological polar surface area (TPSA) is 79.7 Å². The molecule has 1 aromatic heterocycles. The Hall–Kier alpha value is -3.09. The van der Waals surface area contributed by atoms with E-state index in [0.717, 1.165) is 59.0 Å². The van der Waals surface area contributed by atoms with Crippen molar-refractivity contribution in [1.82, 2.24) is 4.98 Å². The zero-order valence-corrected chi connectivity index (χ0v) is 20.0. The summed E-state index contributed by atoms with van der Waals surface area (Å²) in [4.78, 5) is 16.8. The van der Waals surface area contributed by atoms with E-state index in [0.29, 0.717) is 12.5 Å². The molecule has 1 saturated carbocycles. The van der Waals surface area contributed by atoms with Gasteiger partial charge in [-0.05, 0) is 43.0 Å². The molecule has 0 aliphatic heterocycles. The number of hydrogen-bond donors (Lipinski definition) is 2. The zero-order valence-electron chi connectivity index (χ0n) is 20.0. The lowest BCUT2D eigenvalue weighted by Gasteiger charge is -2.16. The van der Waals surface area contributed by atoms with E-state index in [1.54, 1.807) is 18.2 Å². The van der Waals surface area contributed by atoms with Crippen LogP contribution in [0, 0.1) is 5.82 Å². The number of rotatable bonds is 11. The number of halogens is 1. The van der Waals surface area contributed by atoms with Gasteiger partial charge in [-0.3, -0.25) is 9.78 Å². The van der Waals surface area contributed by atoms with Gasteiger partial charge in [0.15, 0.2) is 0 Å². The summed E-state index contributed by atoms with van der Waals surface area (Å²) in [6.45, 7) is 2.35. The number of aromatic nitrogens is 1. The molecule has 0 spiro atoms. The van der Waals surface area contributed by atoms with Crippen LogP contribution in [0.1, 0.15) is 62.6 Å². The third-order valence-corrected chi connectivity index (χ3v) is 6.22. The van der Waals surface area contributed by atoms with Gasteiger partial charge in [-0.2, -0.15) is 0 Å². The molecule has 0 bridgehead atoms. The fourth-order valence-electron chi connectivity index (χ4n) is 4.24. The molecule has 1 heterocycles. The molecule has 2 atom stereocenters. The minimum Gasteiger partial charge on any atom is -0.466 e. The number of fused-ring (bicyclic) bond motifs is 1. The number of unbranched alkanes of at least 4 members (excludes halogenated alkanes) is 1. The van der Waals surface area contributed by atoms with Crippen LogP contribution in [-0.4, -0.2) is 40.0 Å². The molecular formula is C29H32FNO4. The van der Waals surface area contributed by atoms with Crippen LogP contribution in [-0.2, 0) is 9.53 Å². The first-order valence-corrected chi connectivity index (χ1v) is 12.3. The SMILES string of the molecule is CCCCOC(=O)C[C@H](O)C[C@H](O)/C=C/c1c(C2CC2)nc2ccccc2c1-c1ccc(F)cc1. The average Bonchev–Trinajstić information content (AvgIpc) is 3.68. The molecule has 3 aromatic rings. The monoisotopic (exact) mass is 477 g/mol. The second-order valence-corrected chi connectivity index (χ2v) is 9.18. The summed E-state index contributed by atoms with van der Waals surface area (Å²) in [5.74, 6) is -0.418. The molecule has 2 aromatic carbocycles. The van der Waals surface area contributed by atoms with Crippen LogP contribution in [0.4, 0.5) is 4.39 Å². The summed E-state index contributed by atoms with van der Waals surface area (Å²) >= 11 is 0. The van der Waals surface area contributed by atoms with Crippen LogP contribution in [0.5, 0.6) is 0 Å². The molecule has 1 aliphatic carbocycles. The van der Waals surface area contributed by atoms with Gasteiger partial charge >= 0.3 is 5.97 Å². The molecule has 184 valence electrons. The van der Waals surface area contributed by atoms with E-state index in [1.807, 2.05) is 37.3 Å². The lowest BCUT2D eigenvalue weighted by Crippen LogP contribution is -2.21. The zero-order chi connectivity index (χ0) is 24.8. The van der Waals surface area contributed by atoms with E-state index >= 15 is 0 Å². The minimum atomic E-state index is -1.00. The van der Waals surface area contributed by atoms with Crippen molar-refractivity contribution in [3.63, 3.8) is 0 Å². The molecule has 5 nitrogen and oxygen atoms in total. The fraction of sp³-hybridized carbons (Fsp3) is 0.379. The minimum absolute atomic E-state index is 0.0189. The molecule has 6 heteroatoms. The Morgan fingerprint density at radius 2 is 1.91 bits per heavy atom. The van der Waals surface area contributed by atoms with E-state index in [1.165, 1.54) is 12.1 Å². The van der Waals surface area contributed by atoms with Gasteiger partial charge in [0.2, 0.25) is 0 Å². The largest absolute Gasteiger partial charge is 0.466 e.